The van der Waals surface area contributed by atoms with E-state index in [1.54, 1.807) is 0 Å². The molecule has 0 aliphatic heterocycles. The summed E-state index contributed by atoms with van der Waals surface area (Å²) in [5.74, 6) is -1.56. The molecule has 3 N–H and O–H groups in total. The highest BCUT2D eigenvalue weighted by atomic mass is 32.2. The third-order valence-electron chi connectivity index (χ3n) is 5.43. The molecule has 13 nitrogen and oxygen atoms in total. The molecular weight excluding hydrogens is 570 g/mol. The Hall–Kier alpha value is -4.95. The maximum atomic E-state index is 14.1. The number of sulfone groups is 2. The van der Waals surface area contributed by atoms with E-state index in [1.807, 2.05) is 0 Å². The molecule has 3 aromatic heterocycles. The van der Waals surface area contributed by atoms with Gasteiger partial charge in [-0.1, -0.05) is 0 Å². The van der Waals surface area contributed by atoms with Crippen LogP contribution in [0.4, 0.5) is 20.3 Å². The first-order valence-corrected chi connectivity index (χ1v) is 14.6. The molecule has 5 aromatic rings. The Morgan fingerprint density at radius 3 is 1.90 bits per heavy atom. The van der Waals surface area contributed by atoms with Crippen LogP contribution in [0.2, 0.25) is 0 Å². The highest BCUT2D eigenvalue weighted by molar-refractivity contribution is 7.91. The number of aromatic amines is 1. The molecule has 40 heavy (non-hydrogen) atoms. The summed E-state index contributed by atoms with van der Waals surface area (Å²) in [5.41, 5.74) is 5.53. The number of aromatic nitrogens is 6. The predicted octanol–water partition coefficient (Wildman–Crippen LogP) is 2.20. The number of H-pyrrole nitrogens is 1. The number of nitrogens with two attached hydrogens (primary N) is 1. The van der Waals surface area contributed by atoms with Crippen LogP contribution in [0.3, 0.4) is 0 Å². The summed E-state index contributed by atoms with van der Waals surface area (Å²) in [6.45, 7) is 6.85. The van der Waals surface area contributed by atoms with Crippen molar-refractivity contribution in [1.82, 2.24) is 29.5 Å². The van der Waals surface area contributed by atoms with Gasteiger partial charge in [0.15, 0.2) is 25.3 Å². The van der Waals surface area contributed by atoms with Crippen LogP contribution in [0.25, 0.3) is 27.3 Å². The van der Waals surface area contributed by atoms with Gasteiger partial charge in [0.25, 0.3) is 5.56 Å². The van der Waals surface area contributed by atoms with E-state index in [4.69, 9.17) is 12.3 Å². The number of nitrogens with zero attached hydrogens (tertiary/aromatic N) is 6. The summed E-state index contributed by atoms with van der Waals surface area (Å²) in [6.07, 6.45) is 5.65. The van der Waals surface area contributed by atoms with Crippen molar-refractivity contribution in [2.45, 2.75) is 9.79 Å². The van der Waals surface area contributed by atoms with Gasteiger partial charge >= 0.3 is 0 Å². The smallest absolute Gasteiger partial charge is 0.261 e. The van der Waals surface area contributed by atoms with Crippen molar-refractivity contribution in [3.63, 3.8) is 0 Å². The first-order chi connectivity index (χ1) is 18.7. The number of halogens is 2. The molecule has 3 heterocycles. The maximum absolute atomic E-state index is 14.1. The minimum absolute atomic E-state index is 0.000931. The lowest BCUT2D eigenvalue weighted by Gasteiger charge is -2.07. The quantitative estimate of drug-likeness (QED) is 0.298. The van der Waals surface area contributed by atoms with Crippen molar-refractivity contribution in [3.8, 4) is 11.4 Å². The van der Waals surface area contributed by atoms with Gasteiger partial charge in [-0.15, -0.1) is 0 Å². The van der Waals surface area contributed by atoms with Crippen LogP contribution in [0, 0.1) is 18.2 Å². The van der Waals surface area contributed by atoms with E-state index in [1.165, 1.54) is 43.0 Å². The average Bonchev–Trinajstić information content (AvgIpc) is 3.47. The normalized spacial score (nSPS) is 11.6. The number of anilines is 1. The minimum Gasteiger partial charge on any atom is -0.392 e. The number of hydrogen-bond donors (Lipinski definition) is 2. The van der Waals surface area contributed by atoms with Gasteiger partial charge in [0.1, 0.15) is 34.2 Å². The standard InChI is InChI=1S/C12H9FN4O3S.C11H9FN4O2S/c1-21(19,20)7-2-3-10(9(13)4-7)17-11-8(5-16-17)12(18)15-6-14-11;1-14-9-6-15-16(11(9)13)10-4-3-7(5-8(10)12)19(2,17)18/h2-6H,1H3,(H,14,15,18);3-6H,13H2,2H3. The molecule has 0 unspecified atom stereocenters. The molecule has 0 radical (unpaired) electrons. The first kappa shape index (κ1) is 28.1. The fraction of sp³-hybridized carbons (Fsp3) is 0.0870. The molecule has 0 amide bonds. The van der Waals surface area contributed by atoms with Gasteiger partial charge in [-0.3, -0.25) is 4.79 Å². The maximum Gasteiger partial charge on any atom is 0.261 e. The topological polar surface area (TPSA) is 180 Å². The summed E-state index contributed by atoms with van der Waals surface area (Å²) < 4.78 is 75.6. The lowest BCUT2D eigenvalue weighted by atomic mass is 10.3. The molecular formula is C23H18F2N8O5S2. The molecule has 17 heteroatoms. The fourth-order valence-electron chi connectivity index (χ4n) is 3.44. The number of hydrogen-bond acceptors (Lipinski definition) is 9. The Kier molecular flexibility index (Phi) is 7.24. The second-order valence-electron chi connectivity index (χ2n) is 8.23. The van der Waals surface area contributed by atoms with Crippen molar-refractivity contribution in [3.05, 3.63) is 88.5 Å². The molecule has 0 saturated carbocycles. The van der Waals surface area contributed by atoms with Crippen LogP contribution in [0.5, 0.6) is 0 Å². The Morgan fingerprint density at radius 1 is 0.900 bits per heavy atom. The van der Waals surface area contributed by atoms with Crippen LogP contribution in [0.1, 0.15) is 0 Å². The van der Waals surface area contributed by atoms with E-state index in [2.05, 4.69) is 25.0 Å². The summed E-state index contributed by atoms with van der Waals surface area (Å²) in [6, 6.07) is 6.86. The summed E-state index contributed by atoms with van der Waals surface area (Å²) in [4.78, 5) is 20.8. The van der Waals surface area contributed by atoms with Crippen molar-refractivity contribution < 1.29 is 25.6 Å². The molecule has 0 fully saturated rings. The largest absolute Gasteiger partial charge is 0.392 e. The summed E-state index contributed by atoms with van der Waals surface area (Å²) >= 11 is 0. The second kappa shape index (κ2) is 10.3. The second-order valence-corrected chi connectivity index (χ2v) is 12.3. The fourth-order valence-corrected chi connectivity index (χ4v) is 4.71. The van der Waals surface area contributed by atoms with E-state index in [-0.39, 0.29) is 49.3 Å². The van der Waals surface area contributed by atoms with Crippen LogP contribution in [0.15, 0.2) is 69.7 Å². The van der Waals surface area contributed by atoms with Crippen molar-refractivity contribution >= 4 is 42.2 Å². The Labute approximate surface area is 225 Å². The van der Waals surface area contributed by atoms with Gasteiger partial charge in [-0.05, 0) is 36.4 Å². The number of nitrogens with one attached hydrogen (secondary N) is 1. The predicted molar refractivity (Wildman–Crippen MR) is 140 cm³/mol. The van der Waals surface area contributed by atoms with Gasteiger partial charge in [0.05, 0.1) is 35.1 Å². The van der Waals surface area contributed by atoms with Gasteiger partial charge in [-0.25, -0.2) is 44.8 Å². The van der Waals surface area contributed by atoms with E-state index in [9.17, 15) is 30.4 Å². The zero-order valence-electron chi connectivity index (χ0n) is 20.6. The molecule has 2 aromatic carbocycles. The van der Waals surface area contributed by atoms with Crippen LogP contribution < -0.4 is 11.3 Å². The highest BCUT2D eigenvalue weighted by Crippen LogP contribution is 2.26. The first-order valence-electron chi connectivity index (χ1n) is 10.8. The highest BCUT2D eigenvalue weighted by Gasteiger charge is 2.17. The molecule has 0 aliphatic carbocycles. The van der Waals surface area contributed by atoms with E-state index >= 15 is 0 Å². The molecule has 0 atom stereocenters. The SMILES string of the molecule is CS(=O)(=O)c1ccc(-n2ncc3c(=O)[nH]cnc32)c(F)c1.[C-]#[N+]c1cnn(-c2ccc(S(C)(=O)=O)cc2F)c1N. The zero-order valence-corrected chi connectivity index (χ0v) is 22.2. The third kappa shape index (κ3) is 5.43. The molecule has 0 aliphatic rings. The molecule has 0 saturated heterocycles. The molecule has 206 valence electrons. The molecule has 5 rings (SSSR count). The lowest BCUT2D eigenvalue weighted by molar-refractivity contribution is 0.591. The Bertz CT molecular complexity index is 2100. The van der Waals surface area contributed by atoms with Crippen LogP contribution >= 0.6 is 0 Å². The minimum atomic E-state index is -3.50. The molecule has 0 bridgehead atoms. The van der Waals surface area contributed by atoms with Crippen molar-refractivity contribution in [2.75, 3.05) is 18.2 Å². The monoisotopic (exact) mass is 588 g/mol. The van der Waals surface area contributed by atoms with E-state index in [0.717, 1.165) is 34.0 Å². The van der Waals surface area contributed by atoms with Crippen LogP contribution in [-0.4, -0.2) is 58.9 Å². The number of fused-ring (bicyclic) bond motifs is 1. The Morgan fingerprint density at radius 2 is 1.43 bits per heavy atom. The van der Waals surface area contributed by atoms with E-state index < -0.39 is 31.3 Å². The summed E-state index contributed by atoms with van der Waals surface area (Å²) in [7, 11) is -6.98. The van der Waals surface area contributed by atoms with Gasteiger partial charge in [0.2, 0.25) is 5.69 Å². The van der Waals surface area contributed by atoms with Gasteiger partial charge < -0.3 is 10.7 Å². The number of nitrogen functional groups attached to an aromatic ring is 1. The number of benzene rings is 2. The zero-order chi connectivity index (χ0) is 29.4. The molecule has 0 spiro atoms. The van der Waals surface area contributed by atoms with Gasteiger partial charge in [0, 0.05) is 12.5 Å². The Balaban J connectivity index is 0.000000186. The summed E-state index contributed by atoms with van der Waals surface area (Å²) in [5, 5.41) is 7.93. The third-order valence-corrected chi connectivity index (χ3v) is 7.65. The lowest BCUT2D eigenvalue weighted by Crippen LogP contribution is -2.07. The van der Waals surface area contributed by atoms with Crippen molar-refractivity contribution in [1.29, 1.82) is 0 Å². The van der Waals surface area contributed by atoms with Crippen molar-refractivity contribution in [2.24, 2.45) is 0 Å². The van der Waals surface area contributed by atoms with Gasteiger partial charge in [-0.2, -0.15) is 10.2 Å². The van der Waals surface area contributed by atoms with E-state index in [0.29, 0.717) is 0 Å². The number of rotatable bonds is 4. The van der Waals surface area contributed by atoms with Crippen LogP contribution in [-0.2, 0) is 19.7 Å². The average molecular weight is 589 g/mol.